The number of rotatable bonds is 2. The molecule has 0 saturated heterocycles. The van der Waals surface area contributed by atoms with E-state index in [4.69, 9.17) is 0 Å². The fourth-order valence-electron chi connectivity index (χ4n) is 7.54. The van der Waals surface area contributed by atoms with Gasteiger partial charge in [0.25, 0.3) is 0 Å². The minimum atomic E-state index is -1.88. The molecule has 9 rings (SSSR count). The Kier molecular flexibility index (Phi) is 4.84. The molecule has 0 unspecified atom stereocenters. The van der Waals surface area contributed by atoms with Crippen LogP contribution in [0.25, 0.3) is 66.1 Å². The smallest absolute Gasteiger partial charge is 0.113 e. The maximum Gasteiger partial charge on any atom is 0.113 e. The molecule has 2 aromatic heterocycles. The quantitative estimate of drug-likeness (QED) is 0.193. The standard InChI is InChI=1S/C39H27N3Si/c1-43(2)38-19-16-26(41-34-12-6-3-9-28(34)29-10-4-7-13-35(29)41)22-32(38)33-23-27(17-20-39(33)43)42-36-14-8-5-11-30(36)31-21-25(24-40)15-18-37(31)42/h3-23H,1-2H3. The summed E-state index contributed by atoms with van der Waals surface area (Å²) >= 11 is 0. The van der Waals surface area contributed by atoms with E-state index in [9.17, 15) is 5.26 Å². The summed E-state index contributed by atoms with van der Waals surface area (Å²) in [5.41, 5.74) is 10.4. The molecule has 0 amide bonds. The van der Waals surface area contributed by atoms with E-state index in [0.29, 0.717) is 5.56 Å². The molecule has 0 atom stereocenters. The van der Waals surface area contributed by atoms with Gasteiger partial charge in [-0.3, -0.25) is 0 Å². The summed E-state index contributed by atoms with van der Waals surface area (Å²) in [6.45, 7) is 4.95. The van der Waals surface area contributed by atoms with Crippen LogP contribution >= 0.6 is 0 Å². The molecule has 0 aliphatic carbocycles. The maximum atomic E-state index is 9.59. The predicted molar refractivity (Wildman–Crippen MR) is 182 cm³/mol. The van der Waals surface area contributed by atoms with Crippen molar-refractivity contribution in [2.75, 3.05) is 0 Å². The van der Waals surface area contributed by atoms with Crippen molar-refractivity contribution in [3.05, 3.63) is 133 Å². The van der Waals surface area contributed by atoms with Gasteiger partial charge in [-0.15, -0.1) is 0 Å². The van der Waals surface area contributed by atoms with Gasteiger partial charge in [-0.25, -0.2) is 0 Å². The zero-order valence-corrected chi connectivity index (χ0v) is 25.0. The van der Waals surface area contributed by atoms with Crippen LogP contribution < -0.4 is 10.4 Å². The fourth-order valence-corrected chi connectivity index (χ4v) is 10.6. The summed E-state index contributed by atoms with van der Waals surface area (Å²) in [6.07, 6.45) is 0. The molecule has 0 bridgehead atoms. The number of hydrogen-bond acceptors (Lipinski definition) is 1. The normalized spacial score (nSPS) is 13.5. The number of benzene rings is 6. The Labute approximate surface area is 250 Å². The molecular formula is C39H27N3Si. The molecule has 0 N–H and O–H groups in total. The largest absolute Gasteiger partial charge is 0.309 e. The van der Waals surface area contributed by atoms with Crippen LogP contribution in [0, 0.1) is 11.3 Å². The van der Waals surface area contributed by atoms with Crippen molar-refractivity contribution in [2.24, 2.45) is 0 Å². The van der Waals surface area contributed by atoms with E-state index in [1.165, 1.54) is 54.4 Å². The van der Waals surface area contributed by atoms with Gasteiger partial charge in [-0.2, -0.15) is 5.26 Å². The molecule has 43 heavy (non-hydrogen) atoms. The second-order valence-electron chi connectivity index (χ2n) is 12.2. The monoisotopic (exact) mass is 565 g/mol. The van der Waals surface area contributed by atoms with Crippen LogP contribution in [-0.2, 0) is 0 Å². The SMILES string of the molecule is C[Si]1(C)c2ccc(-n3c4ccccc4c4ccccc43)cc2-c2cc(-n3c4ccccc4c4cc(C#N)ccc43)ccc21. The minimum Gasteiger partial charge on any atom is -0.309 e. The molecule has 6 aromatic carbocycles. The molecule has 0 fully saturated rings. The van der Waals surface area contributed by atoms with Crippen molar-refractivity contribution in [1.29, 1.82) is 5.26 Å². The second-order valence-corrected chi connectivity index (χ2v) is 16.5. The van der Waals surface area contributed by atoms with E-state index in [0.717, 1.165) is 22.1 Å². The Morgan fingerprint density at radius 3 is 1.42 bits per heavy atom. The van der Waals surface area contributed by atoms with E-state index in [1.54, 1.807) is 0 Å². The summed E-state index contributed by atoms with van der Waals surface area (Å²) in [4.78, 5) is 0. The number of aromatic nitrogens is 2. The van der Waals surface area contributed by atoms with Crippen molar-refractivity contribution in [2.45, 2.75) is 13.1 Å². The summed E-state index contributed by atoms with van der Waals surface area (Å²) in [5.74, 6) is 0. The number of nitrogens with zero attached hydrogens (tertiary/aromatic N) is 3. The average molecular weight is 566 g/mol. The van der Waals surface area contributed by atoms with E-state index >= 15 is 0 Å². The van der Waals surface area contributed by atoms with Crippen molar-refractivity contribution < 1.29 is 0 Å². The second kappa shape index (κ2) is 8.58. The first-order valence-electron chi connectivity index (χ1n) is 14.8. The first-order chi connectivity index (χ1) is 21.0. The molecule has 0 spiro atoms. The van der Waals surface area contributed by atoms with Crippen molar-refractivity contribution in [1.82, 2.24) is 9.13 Å². The molecule has 202 valence electrons. The molecule has 3 heterocycles. The lowest BCUT2D eigenvalue weighted by atomic mass is 10.0. The third kappa shape index (κ3) is 3.23. The van der Waals surface area contributed by atoms with Crippen LogP contribution in [0.3, 0.4) is 0 Å². The number of para-hydroxylation sites is 3. The van der Waals surface area contributed by atoms with Crippen LogP contribution in [0.2, 0.25) is 13.1 Å². The van der Waals surface area contributed by atoms with E-state index < -0.39 is 8.07 Å². The van der Waals surface area contributed by atoms with Crippen molar-refractivity contribution in [3.63, 3.8) is 0 Å². The van der Waals surface area contributed by atoms with Crippen LogP contribution in [0.1, 0.15) is 5.56 Å². The number of fused-ring (bicyclic) bond motifs is 9. The highest BCUT2D eigenvalue weighted by molar-refractivity contribution is 7.03. The molecule has 3 nitrogen and oxygen atoms in total. The predicted octanol–water partition coefficient (Wildman–Crippen LogP) is 8.56. The van der Waals surface area contributed by atoms with Gasteiger partial charge >= 0.3 is 0 Å². The molecule has 0 saturated carbocycles. The zero-order valence-electron chi connectivity index (χ0n) is 24.0. The molecule has 8 aromatic rings. The van der Waals surface area contributed by atoms with Crippen molar-refractivity contribution in [3.8, 4) is 28.6 Å². The fraction of sp³-hybridized carbons (Fsp3) is 0.0513. The molecule has 4 heteroatoms. The van der Waals surface area contributed by atoms with Gasteiger partial charge in [0.1, 0.15) is 8.07 Å². The summed E-state index contributed by atoms with van der Waals surface area (Å²) in [5, 5.41) is 17.4. The van der Waals surface area contributed by atoms with Gasteiger partial charge in [-0.1, -0.05) is 79.8 Å². The van der Waals surface area contributed by atoms with Crippen molar-refractivity contribution >= 4 is 62.1 Å². The van der Waals surface area contributed by atoms with Gasteiger partial charge in [-0.05, 0) is 82.2 Å². The lowest BCUT2D eigenvalue weighted by Gasteiger charge is -2.19. The number of hydrogen-bond donors (Lipinski definition) is 0. The van der Waals surface area contributed by atoms with Gasteiger partial charge in [0.2, 0.25) is 0 Å². The Bertz CT molecular complexity index is 2450. The van der Waals surface area contributed by atoms with Crippen LogP contribution in [0.4, 0.5) is 0 Å². The van der Waals surface area contributed by atoms with Crippen LogP contribution in [0.15, 0.2) is 127 Å². The number of nitriles is 1. The molecule has 1 aliphatic rings. The van der Waals surface area contributed by atoms with Gasteiger partial charge in [0, 0.05) is 32.9 Å². The lowest BCUT2D eigenvalue weighted by molar-refractivity contribution is 1.18. The topological polar surface area (TPSA) is 33.6 Å². The Morgan fingerprint density at radius 1 is 0.488 bits per heavy atom. The van der Waals surface area contributed by atoms with Gasteiger partial charge in [0.05, 0.1) is 33.7 Å². The summed E-state index contributed by atoms with van der Waals surface area (Å²) < 4.78 is 4.77. The first kappa shape index (κ1) is 24.2. The molecule has 0 radical (unpaired) electrons. The van der Waals surface area contributed by atoms with E-state index in [-0.39, 0.29) is 0 Å². The Hall–Kier alpha value is -5.37. The maximum absolute atomic E-state index is 9.59. The Morgan fingerprint density at radius 2 is 0.930 bits per heavy atom. The lowest BCUT2D eigenvalue weighted by Crippen LogP contribution is -2.49. The minimum absolute atomic E-state index is 0.684. The van der Waals surface area contributed by atoms with E-state index in [2.05, 4.69) is 144 Å². The van der Waals surface area contributed by atoms with Gasteiger partial charge in [0.15, 0.2) is 0 Å². The van der Waals surface area contributed by atoms with Gasteiger partial charge < -0.3 is 9.13 Å². The third-order valence-corrected chi connectivity index (χ3v) is 13.1. The molecule has 1 aliphatic heterocycles. The third-order valence-electron chi connectivity index (χ3n) is 9.54. The summed E-state index contributed by atoms with van der Waals surface area (Å²) in [7, 11) is -1.88. The molecular weight excluding hydrogens is 539 g/mol. The van der Waals surface area contributed by atoms with Crippen LogP contribution in [-0.4, -0.2) is 17.2 Å². The highest BCUT2D eigenvalue weighted by atomic mass is 28.3. The van der Waals surface area contributed by atoms with E-state index in [1.807, 2.05) is 12.1 Å². The average Bonchev–Trinajstić information content (AvgIpc) is 3.64. The highest BCUT2D eigenvalue weighted by Gasteiger charge is 2.38. The first-order valence-corrected chi connectivity index (χ1v) is 17.8. The Balaban J connectivity index is 1.30. The zero-order chi connectivity index (χ0) is 28.9. The van der Waals surface area contributed by atoms with Crippen LogP contribution in [0.5, 0.6) is 0 Å². The highest BCUT2D eigenvalue weighted by Crippen LogP contribution is 2.38. The summed E-state index contributed by atoms with van der Waals surface area (Å²) in [6, 6.07) is 48.5.